The summed E-state index contributed by atoms with van der Waals surface area (Å²) in [5, 5.41) is 12.7. The zero-order chi connectivity index (χ0) is 23.1. The van der Waals surface area contributed by atoms with E-state index in [9.17, 15) is 9.90 Å². The number of anilines is 3. The quantitative estimate of drug-likeness (QED) is 0.557. The van der Waals surface area contributed by atoms with E-state index < -0.39 is 5.97 Å². The summed E-state index contributed by atoms with van der Waals surface area (Å²) in [6.07, 6.45) is 5.42. The van der Waals surface area contributed by atoms with Gasteiger partial charge in [-0.3, -0.25) is 4.79 Å². The Kier molecular flexibility index (Phi) is 8.27. The SMILES string of the molecule is COc1ncc(Nc2cc(C(C)CC(=O)O)ccc2N(CC(C)C)C2CCOCC2)cn1. The third kappa shape index (κ3) is 6.32. The molecule has 1 atom stereocenters. The summed E-state index contributed by atoms with van der Waals surface area (Å²) >= 11 is 0. The van der Waals surface area contributed by atoms with Crippen LogP contribution in [0.15, 0.2) is 30.6 Å². The summed E-state index contributed by atoms with van der Waals surface area (Å²) in [4.78, 5) is 22.1. The molecule has 1 fully saturated rings. The number of hydrogen-bond acceptors (Lipinski definition) is 7. The number of aromatic nitrogens is 2. The predicted octanol–water partition coefficient (Wildman–Crippen LogP) is 4.45. The number of hydrogen-bond donors (Lipinski definition) is 2. The van der Waals surface area contributed by atoms with Gasteiger partial charge in [0, 0.05) is 25.8 Å². The second-order valence-corrected chi connectivity index (χ2v) is 8.75. The van der Waals surface area contributed by atoms with Gasteiger partial charge in [-0.15, -0.1) is 0 Å². The molecule has 8 heteroatoms. The topological polar surface area (TPSA) is 96.8 Å². The van der Waals surface area contributed by atoms with Crippen LogP contribution in [0.25, 0.3) is 0 Å². The molecule has 1 aromatic heterocycles. The molecule has 174 valence electrons. The summed E-state index contributed by atoms with van der Waals surface area (Å²) in [7, 11) is 1.53. The highest BCUT2D eigenvalue weighted by atomic mass is 16.5. The number of ether oxygens (including phenoxy) is 2. The van der Waals surface area contributed by atoms with Crippen molar-refractivity contribution in [2.75, 3.05) is 37.1 Å². The maximum Gasteiger partial charge on any atom is 0.316 e. The minimum absolute atomic E-state index is 0.0834. The van der Waals surface area contributed by atoms with Crippen LogP contribution < -0.4 is 15.0 Å². The van der Waals surface area contributed by atoms with E-state index >= 15 is 0 Å². The Bertz CT molecular complexity index is 882. The molecule has 2 N–H and O–H groups in total. The third-order valence-electron chi connectivity index (χ3n) is 5.66. The second kappa shape index (κ2) is 11.1. The van der Waals surface area contributed by atoms with Crippen LogP contribution in [0.3, 0.4) is 0 Å². The fourth-order valence-corrected chi connectivity index (χ4v) is 4.07. The lowest BCUT2D eigenvalue weighted by Crippen LogP contribution is -2.42. The normalized spacial score (nSPS) is 15.4. The lowest BCUT2D eigenvalue weighted by Gasteiger charge is -2.38. The van der Waals surface area contributed by atoms with E-state index in [1.54, 1.807) is 12.4 Å². The van der Waals surface area contributed by atoms with Crippen LogP contribution >= 0.6 is 0 Å². The third-order valence-corrected chi connectivity index (χ3v) is 5.66. The molecule has 2 aromatic rings. The van der Waals surface area contributed by atoms with Crippen LogP contribution in [0.1, 0.15) is 51.5 Å². The molecule has 1 aliphatic rings. The molecule has 32 heavy (non-hydrogen) atoms. The molecule has 0 saturated carbocycles. The molecular formula is C24H34N4O4. The summed E-state index contributed by atoms with van der Waals surface area (Å²) in [6.45, 7) is 8.83. The molecule has 0 radical (unpaired) electrons. The van der Waals surface area contributed by atoms with Crippen molar-refractivity contribution in [1.29, 1.82) is 0 Å². The van der Waals surface area contributed by atoms with Crippen LogP contribution in [-0.4, -0.2) is 54.0 Å². The number of nitrogens with one attached hydrogen (secondary N) is 1. The minimum Gasteiger partial charge on any atom is -0.481 e. The number of carboxylic acid groups (broad SMARTS) is 1. The maximum absolute atomic E-state index is 11.3. The Morgan fingerprint density at radius 1 is 1.25 bits per heavy atom. The van der Waals surface area contributed by atoms with Crippen molar-refractivity contribution in [3.05, 3.63) is 36.2 Å². The molecule has 0 bridgehead atoms. The lowest BCUT2D eigenvalue weighted by molar-refractivity contribution is -0.137. The van der Waals surface area contributed by atoms with Crippen molar-refractivity contribution in [2.45, 2.75) is 52.0 Å². The first kappa shape index (κ1) is 23.8. The lowest BCUT2D eigenvalue weighted by atomic mass is 9.95. The van der Waals surface area contributed by atoms with Crippen molar-refractivity contribution in [3.8, 4) is 6.01 Å². The summed E-state index contributed by atoms with van der Waals surface area (Å²) in [5.41, 5.74) is 3.73. The van der Waals surface area contributed by atoms with Crippen molar-refractivity contribution >= 4 is 23.0 Å². The van der Waals surface area contributed by atoms with Gasteiger partial charge in [0.1, 0.15) is 0 Å². The largest absolute Gasteiger partial charge is 0.481 e. The van der Waals surface area contributed by atoms with Gasteiger partial charge >= 0.3 is 12.0 Å². The average molecular weight is 443 g/mol. The first-order valence-corrected chi connectivity index (χ1v) is 11.2. The van der Waals surface area contributed by atoms with Gasteiger partial charge < -0.3 is 24.8 Å². The van der Waals surface area contributed by atoms with Crippen molar-refractivity contribution in [3.63, 3.8) is 0 Å². The van der Waals surface area contributed by atoms with Crippen LogP contribution in [0, 0.1) is 5.92 Å². The highest BCUT2D eigenvalue weighted by Crippen LogP contribution is 2.36. The monoisotopic (exact) mass is 442 g/mol. The number of benzene rings is 1. The number of carboxylic acids is 1. The highest BCUT2D eigenvalue weighted by molar-refractivity contribution is 5.77. The van der Waals surface area contributed by atoms with Crippen LogP contribution in [-0.2, 0) is 9.53 Å². The molecule has 1 unspecified atom stereocenters. The van der Waals surface area contributed by atoms with Gasteiger partial charge in [-0.05, 0) is 42.4 Å². The molecule has 0 amide bonds. The Hall–Kier alpha value is -2.87. The molecule has 1 aromatic carbocycles. The molecule has 0 aliphatic carbocycles. The van der Waals surface area contributed by atoms with E-state index in [4.69, 9.17) is 9.47 Å². The fourth-order valence-electron chi connectivity index (χ4n) is 4.07. The molecule has 1 saturated heterocycles. The van der Waals surface area contributed by atoms with Gasteiger partial charge in [-0.2, -0.15) is 0 Å². The first-order valence-electron chi connectivity index (χ1n) is 11.2. The number of aliphatic carboxylic acids is 1. The molecule has 3 rings (SSSR count). The second-order valence-electron chi connectivity index (χ2n) is 8.75. The Labute approximate surface area is 190 Å². The van der Waals surface area contributed by atoms with Crippen LogP contribution in [0.4, 0.5) is 17.1 Å². The molecule has 8 nitrogen and oxygen atoms in total. The van der Waals surface area contributed by atoms with Gasteiger partial charge in [0.15, 0.2) is 0 Å². The average Bonchev–Trinajstić information content (AvgIpc) is 2.78. The van der Waals surface area contributed by atoms with E-state index in [0.29, 0.717) is 18.0 Å². The maximum atomic E-state index is 11.3. The van der Waals surface area contributed by atoms with Crippen LogP contribution in [0.5, 0.6) is 6.01 Å². The predicted molar refractivity (Wildman–Crippen MR) is 125 cm³/mol. The zero-order valence-electron chi connectivity index (χ0n) is 19.4. The summed E-state index contributed by atoms with van der Waals surface area (Å²) in [5.74, 6) is -0.417. The Balaban J connectivity index is 1.99. The van der Waals surface area contributed by atoms with Gasteiger partial charge in [0.05, 0.1) is 43.0 Å². The van der Waals surface area contributed by atoms with Crippen molar-refractivity contribution in [1.82, 2.24) is 9.97 Å². The van der Waals surface area contributed by atoms with E-state index in [2.05, 4.69) is 46.2 Å². The van der Waals surface area contributed by atoms with Gasteiger partial charge in [0.25, 0.3) is 0 Å². The molecule has 1 aliphatic heterocycles. The summed E-state index contributed by atoms with van der Waals surface area (Å²) in [6, 6.07) is 6.91. The fraction of sp³-hybridized carbons (Fsp3) is 0.542. The number of rotatable bonds is 10. The molecular weight excluding hydrogens is 408 g/mol. The van der Waals surface area contributed by atoms with E-state index in [1.807, 2.05) is 13.0 Å². The summed E-state index contributed by atoms with van der Waals surface area (Å²) < 4.78 is 10.7. The Morgan fingerprint density at radius 2 is 1.94 bits per heavy atom. The first-order chi connectivity index (χ1) is 15.4. The number of nitrogens with zero attached hydrogens (tertiary/aromatic N) is 3. The highest BCUT2D eigenvalue weighted by Gasteiger charge is 2.25. The van der Waals surface area contributed by atoms with Gasteiger partial charge in [-0.1, -0.05) is 26.8 Å². The van der Waals surface area contributed by atoms with E-state index in [-0.39, 0.29) is 12.3 Å². The van der Waals surface area contributed by atoms with Gasteiger partial charge in [0.2, 0.25) is 0 Å². The van der Waals surface area contributed by atoms with Crippen LogP contribution in [0.2, 0.25) is 0 Å². The molecule has 0 spiro atoms. The van der Waals surface area contributed by atoms with E-state index in [1.165, 1.54) is 7.11 Å². The van der Waals surface area contributed by atoms with Gasteiger partial charge in [-0.25, -0.2) is 9.97 Å². The zero-order valence-corrected chi connectivity index (χ0v) is 19.4. The number of carbonyl (C=O) groups is 1. The molecule has 2 heterocycles. The van der Waals surface area contributed by atoms with Crippen molar-refractivity contribution < 1.29 is 19.4 Å². The smallest absolute Gasteiger partial charge is 0.316 e. The van der Waals surface area contributed by atoms with E-state index in [0.717, 1.165) is 55.2 Å². The Morgan fingerprint density at radius 3 is 2.53 bits per heavy atom. The standard InChI is InChI=1S/C24H34N4O4/c1-16(2)15-28(20-7-9-32-10-8-20)22-6-5-18(17(3)11-23(29)30)12-21(22)27-19-13-25-24(31-4)26-14-19/h5-6,12-14,16-17,20,27H,7-11,15H2,1-4H3,(H,29,30). The minimum atomic E-state index is -0.803. The van der Waals surface area contributed by atoms with Crippen molar-refractivity contribution in [2.24, 2.45) is 5.92 Å². The number of methoxy groups -OCH3 is 1.